The van der Waals surface area contributed by atoms with E-state index in [1.165, 1.54) is 18.4 Å². The van der Waals surface area contributed by atoms with Crippen LogP contribution >= 0.6 is 15.9 Å². The number of hydrogen-bond acceptors (Lipinski definition) is 3. The fourth-order valence-corrected chi connectivity index (χ4v) is 3.23. The lowest BCUT2D eigenvalue weighted by atomic mass is 9.95. The summed E-state index contributed by atoms with van der Waals surface area (Å²) in [5.41, 5.74) is 1.63. The second-order valence-corrected chi connectivity index (χ2v) is 6.59. The fourth-order valence-electron chi connectivity index (χ4n) is 2.97. The highest BCUT2D eigenvalue weighted by Crippen LogP contribution is 2.49. The summed E-state index contributed by atoms with van der Waals surface area (Å²) in [6, 6.07) is 8.53. The van der Waals surface area contributed by atoms with Crippen LogP contribution in [0.4, 0.5) is 0 Å². The Bertz CT molecular complexity index is 481. The van der Waals surface area contributed by atoms with Gasteiger partial charge < -0.3 is 4.74 Å². The van der Waals surface area contributed by atoms with Crippen molar-refractivity contribution in [2.45, 2.75) is 30.7 Å². The van der Waals surface area contributed by atoms with Crippen LogP contribution in [0.15, 0.2) is 28.7 Å². The first-order valence-corrected chi connectivity index (χ1v) is 7.53. The lowest BCUT2D eigenvalue weighted by molar-refractivity contribution is -0.142. The molecule has 2 fully saturated rings. The smallest absolute Gasteiger partial charge is 0.323 e. The second kappa shape index (κ2) is 4.91. The molecule has 0 bridgehead atoms. The van der Waals surface area contributed by atoms with Gasteiger partial charge >= 0.3 is 5.97 Å². The molecule has 0 N–H and O–H groups in total. The SMILES string of the molecule is CN(CC1(c2ccc(Br)cc2)CC1)C1CCOC1=O. The van der Waals surface area contributed by atoms with Gasteiger partial charge in [0.25, 0.3) is 0 Å². The van der Waals surface area contributed by atoms with Gasteiger partial charge in [0.2, 0.25) is 0 Å². The maximum absolute atomic E-state index is 11.6. The van der Waals surface area contributed by atoms with Crippen molar-refractivity contribution in [1.29, 1.82) is 0 Å². The van der Waals surface area contributed by atoms with Crippen LogP contribution in [0.3, 0.4) is 0 Å². The first kappa shape index (κ1) is 13.1. The van der Waals surface area contributed by atoms with Gasteiger partial charge in [-0.15, -0.1) is 0 Å². The third-order valence-electron chi connectivity index (χ3n) is 4.30. The van der Waals surface area contributed by atoms with E-state index in [2.05, 4.69) is 45.1 Å². The molecule has 2 aliphatic rings. The number of ether oxygens (including phenoxy) is 1. The predicted molar refractivity (Wildman–Crippen MR) is 77.0 cm³/mol. The van der Waals surface area contributed by atoms with Gasteiger partial charge in [0, 0.05) is 22.9 Å². The van der Waals surface area contributed by atoms with E-state index in [0.29, 0.717) is 6.61 Å². The van der Waals surface area contributed by atoms with Gasteiger partial charge in [-0.05, 0) is 37.6 Å². The van der Waals surface area contributed by atoms with Crippen LogP contribution in [0.1, 0.15) is 24.8 Å². The van der Waals surface area contributed by atoms with Gasteiger partial charge in [-0.3, -0.25) is 9.69 Å². The van der Waals surface area contributed by atoms with Crippen molar-refractivity contribution in [2.75, 3.05) is 20.2 Å². The molecule has 1 aromatic rings. The molecule has 1 atom stereocenters. The molecule has 1 saturated carbocycles. The molecule has 1 heterocycles. The van der Waals surface area contributed by atoms with Gasteiger partial charge in [0.05, 0.1) is 6.61 Å². The Balaban J connectivity index is 1.71. The van der Waals surface area contributed by atoms with Crippen LogP contribution in [-0.4, -0.2) is 37.1 Å². The summed E-state index contributed by atoms with van der Waals surface area (Å²) in [6.45, 7) is 1.51. The first-order valence-electron chi connectivity index (χ1n) is 6.74. The number of benzene rings is 1. The van der Waals surface area contributed by atoms with Crippen LogP contribution in [0.5, 0.6) is 0 Å². The second-order valence-electron chi connectivity index (χ2n) is 5.67. The van der Waals surface area contributed by atoms with Crippen LogP contribution in [0.2, 0.25) is 0 Å². The van der Waals surface area contributed by atoms with Gasteiger partial charge in [-0.25, -0.2) is 0 Å². The quantitative estimate of drug-likeness (QED) is 0.798. The molecular weight excluding hydrogens is 306 g/mol. The Labute approximate surface area is 122 Å². The van der Waals surface area contributed by atoms with E-state index in [1.807, 2.05) is 7.05 Å². The van der Waals surface area contributed by atoms with Gasteiger partial charge in [0.1, 0.15) is 6.04 Å². The first-order chi connectivity index (χ1) is 9.11. The van der Waals surface area contributed by atoms with Gasteiger partial charge in [-0.2, -0.15) is 0 Å². The number of rotatable bonds is 4. The van der Waals surface area contributed by atoms with Crippen molar-refractivity contribution < 1.29 is 9.53 Å². The summed E-state index contributed by atoms with van der Waals surface area (Å²) >= 11 is 3.47. The van der Waals surface area contributed by atoms with Crippen LogP contribution < -0.4 is 0 Å². The standard InChI is InChI=1S/C15H18BrNO2/c1-17(13-6-9-19-14(13)18)10-15(7-8-15)11-2-4-12(16)5-3-11/h2-5,13H,6-10H2,1H3. The van der Waals surface area contributed by atoms with Gasteiger partial charge in [-0.1, -0.05) is 28.1 Å². The zero-order valence-electron chi connectivity index (χ0n) is 11.1. The maximum atomic E-state index is 11.6. The zero-order valence-corrected chi connectivity index (χ0v) is 12.6. The number of carbonyl (C=O) groups is 1. The summed E-state index contributed by atoms with van der Waals surface area (Å²) in [4.78, 5) is 13.8. The topological polar surface area (TPSA) is 29.5 Å². The van der Waals surface area contributed by atoms with Crippen LogP contribution in [0, 0.1) is 0 Å². The highest BCUT2D eigenvalue weighted by Gasteiger charge is 2.46. The number of hydrogen-bond donors (Lipinski definition) is 0. The minimum absolute atomic E-state index is 0.0482. The van der Waals surface area contributed by atoms with Crippen molar-refractivity contribution >= 4 is 21.9 Å². The number of nitrogens with zero attached hydrogens (tertiary/aromatic N) is 1. The highest BCUT2D eigenvalue weighted by molar-refractivity contribution is 9.10. The van der Waals surface area contributed by atoms with E-state index in [-0.39, 0.29) is 17.4 Å². The summed E-state index contributed by atoms with van der Waals surface area (Å²) in [6.07, 6.45) is 3.24. The average molecular weight is 324 g/mol. The third-order valence-corrected chi connectivity index (χ3v) is 4.83. The maximum Gasteiger partial charge on any atom is 0.323 e. The summed E-state index contributed by atoms with van der Waals surface area (Å²) in [5.74, 6) is -0.0610. The van der Waals surface area contributed by atoms with E-state index in [9.17, 15) is 4.79 Å². The molecule has 3 nitrogen and oxygen atoms in total. The van der Waals surface area contributed by atoms with E-state index in [0.717, 1.165) is 17.4 Å². The Morgan fingerprint density at radius 2 is 2.05 bits per heavy atom. The molecule has 1 aromatic carbocycles. The molecule has 1 aliphatic carbocycles. The Hall–Kier alpha value is -0.870. The fraction of sp³-hybridized carbons (Fsp3) is 0.533. The van der Waals surface area contributed by atoms with Crippen LogP contribution in [-0.2, 0) is 14.9 Å². The highest BCUT2D eigenvalue weighted by atomic mass is 79.9. The number of esters is 1. The number of likely N-dealkylation sites (N-methyl/N-ethyl adjacent to an activating group) is 1. The van der Waals surface area contributed by atoms with Crippen molar-refractivity contribution in [2.24, 2.45) is 0 Å². The minimum Gasteiger partial charge on any atom is -0.464 e. The molecule has 1 aliphatic heterocycles. The molecular formula is C15H18BrNO2. The molecule has 0 radical (unpaired) electrons. The normalized spacial score (nSPS) is 24.6. The lowest BCUT2D eigenvalue weighted by Gasteiger charge is -2.27. The van der Waals surface area contributed by atoms with E-state index in [4.69, 9.17) is 4.74 Å². The zero-order chi connectivity index (χ0) is 13.5. The molecule has 1 unspecified atom stereocenters. The molecule has 102 valence electrons. The van der Waals surface area contributed by atoms with Crippen molar-refractivity contribution in [3.63, 3.8) is 0 Å². The molecule has 0 aromatic heterocycles. The molecule has 1 saturated heterocycles. The lowest BCUT2D eigenvalue weighted by Crippen LogP contribution is -2.40. The monoisotopic (exact) mass is 323 g/mol. The molecule has 0 amide bonds. The number of carbonyl (C=O) groups excluding carboxylic acids is 1. The van der Waals surface area contributed by atoms with Crippen molar-refractivity contribution in [3.05, 3.63) is 34.3 Å². The van der Waals surface area contributed by atoms with Gasteiger partial charge in [0.15, 0.2) is 0 Å². The molecule has 4 heteroatoms. The van der Waals surface area contributed by atoms with E-state index < -0.39 is 0 Å². The largest absolute Gasteiger partial charge is 0.464 e. The molecule has 0 spiro atoms. The van der Waals surface area contributed by atoms with E-state index in [1.54, 1.807) is 0 Å². The molecule has 19 heavy (non-hydrogen) atoms. The third kappa shape index (κ3) is 2.56. The number of halogens is 1. The van der Waals surface area contributed by atoms with Crippen molar-refractivity contribution in [3.8, 4) is 0 Å². The average Bonchev–Trinajstić information content (AvgIpc) is 3.03. The predicted octanol–water partition coefficient (Wildman–Crippen LogP) is 2.73. The Morgan fingerprint density at radius 3 is 2.58 bits per heavy atom. The molecule has 3 rings (SSSR count). The minimum atomic E-state index is -0.0610. The Kier molecular flexibility index (Phi) is 3.39. The summed E-state index contributed by atoms with van der Waals surface area (Å²) in [7, 11) is 2.04. The summed E-state index contributed by atoms with van der Waals surface area (Å²) in [5, 5.41) is 0. The van der Waals surface area contributed by atoms with Crippen molar-refractivity contribution in [1.82, 2.24) is 4.90 Å². The number of cyclic esters (lactones) is 1. The van der Waals surface area contributed by atoms with E-state index >= 15 is 0 Å². The van der Waals surface area contributed by atoms with Crippen LogP contribution in [0.25, 0.3) is 0 Å². The Morgan fingerprint density at radius 1 is 1.37 bits per heavy atom. The summed E-state index contributed by atoms with van der Waals surface area (Å²) < 4.78 is 6.17.